The molecule has 0 aliphatic carbocycles. The van der Waals surface area contributed by atoms with Gasteiger partial charge in [0.2, 0.25) is 0 Å². The maximum atomic E-state index is 11.8. The Bertz CT molecular complexity index is 875. The van der Waals surface area contributed by atoms with Crippen LogP contribution in [0.15, 0.2) is 46.4 Å². The molecule has 30 heavy (non-hydrogen) atoms. The number of phenols is 2. The molecule has 0 atom stereocenters. The van der Waals surface area contributed by atoms with Gasteiger partial charge in [0, 0.05) is 23.6 Å². The molecule has 0 saturated heterocycles. The minimum absolute atomic E-state index is 0.00370. The second-order valence-corrected chi connectivity index (χ2v) is 6.06. The Morgan fingerprint density at radius 1 is 0.800 bits per heavy atom. The van der Waals surface area contributed by atoms with Gasteiger partial charge in [-0.2, -0.15) is 0 Å². The molecule has 0 aliphatic rings. The maximum Gasteiger partial charge on any atom is 0.338 e. The van der Waals surface area contributed by atoms with Crippen molar-refractivity contribution in [3.63, 3.8) is 0 Å². The minimum Gasteiger partial charge on any atom is -0.507 e. The van der Waals surface area contributed by atoms with Crippen molar-refractivity contribution < 1.29 is 29.3 Å². The van der Waals surface area contributed by atoms with Gasteiger partial charge in [-0.05, 0) is 50.2 Å². The molecule has 0 saturated carbocycles. The van der Waals surface area contributed by atoms with E-state index < -0.39 is 11.9 Å². The Labute approximate surface area is 174 Å². The number of phenolic OH excluding ortho intramolecular Hbond substituents is 2. The van der Waals surface area contributed by atoms with Crippen LogP contribution in [0.2, 0.25) is 0 Å². The predicted octanol–water partition coefficient (Wildman–Crippen LogP) is 2.99. The van der Waals surface area contributed by atoms with Crippen LogP contribution in [-0.4, -0.2) is 60.9 Å². The molecule has 2 aromatic rings. The van der Waals surface area contributed by atoms with Crippen molar-refractivity contribution in [2.24, 2.45) is 9.98 Å². The molecule has 0 bridgehead atoms. The number of ether oxygens (including phenoxy) is 2. The average Bonchev–Trinajstić information content (AvgIpc) is 2.73. The summed E-state index contributed by atoms with van der Waals surface area (Å²) in [5.74, 6) is -0.949. The van der Waals surface area contributed by atoms with E-state index in [2.05, 4.69) is 9.98 Å². The molecule has 0 aliphatic heterocycles. The van der Waals surface area contributed by atoms with Crippen molar-refractivity contribution >= 4 is 24.4 Å². The molecule has 8 nitrogen and oxygen atoms in total. The highest BCUT2D eigenvalue weighted by molar-refractivity contribution is 5.94. The number of aromatic hydroxyl groups is 2. The molecule has 0 heterocycles. The molecule has 0 unspecified atom stereocenters. The van der Waals surface area contributed by atoms with Crippen LogP contribution in [0.3, 0.4) is 0 Å². The molecule has 8 heteroatoms. The molecule has 0 radical (unpaired) electrons. The topological polar surface area (TPSA) is 118 Å². The quantitative estimate of drug-likeness (QED) is 0.371. The van der Waals surface area contributed by atoms with Gasteiger partial charge in [0.05, 0.1) is 37.4 Å². The third-order valence-electron chi connectivity index (χ3n) is 3.90. The summed E-state index contributed by atoms with van der Waals surface area (Å²) >= 11 is 0. The van der Waals surface area contributed by atoms with Crippen LogP contribution in [0, 0.1) is 0 Å². The van der Waals surface area contributed by atoms with Crippen molar-refractivity contribution in [1.29, 1.82) is 0 Å². The lowest BCUT2D eigenvalue weighted by Crippen LogP contribution is -2.05. The fourth-order valence-corrected chi connectivity index (χ4v) is 2.44. The van der Waals surface area contributed by atoms with Crippen molar-refractivity contribution in [2.45, 2.75) is 13.8 Å². The number of esters is 2. The van der Waals surface area contributed by atoms with Crippen molar-refractivity contribution in [2.75, 3.05) is 26.3 Å². The second-order valence-electron chi connectivity index (χ2n) is 6.06. The van der Waals surface area contributed by atoms with Crippen LogP contribution in [0.25, 0.3) is 0 Å². The van der Waals surface area contributed by atoms with Gasteiger partial charge in [-0.15, -0.1) is 0 Å². The Morgan fingerprint density at radius 2 is 1.20 bits per heavy atom. The number of hydrogen-bond acceptors (Lipinski definition) is 8. The lowest BCUT2D eigenvalue weighted by atomic mass is 10.1. The molecule has 0 spiro atoms. The Kier molecular flexibility index (Phi) is 8.56. The molecule has 0 fully saturated rings. The normalized spacial score (nSPS) is 11.1. The van der Waals surface area contributed by atoms with E-state index in [0.717, 1.165) is 0 Å². The predicted molar refractivity (Wildman–Crippen MR) is 113 cm³/mol. The number of rotatable bonds is 9. The van der Waals surface area contributed by atoms with Gasteiger partial charge in [0.15, 0.2) is 0 Å². The van der Waals surface area contributed by atoms with Crippen molar-refractivity contribution in [3.8, 4) is 11.5 Å². The Morgan fingerprint density at radius 3 is 1.57 bits per heavy atom. The van der Waals surface area contributed by atoms with E-state index >= 15 is 0 Å². The summed E-state index contributed by atoms with van der Waals surface area (Å²) < 4.78 is 9.87. The number of nitrogens with zero attached hydrogens (tertiary/aromatic N) is 2. The molecular weight excluding hydrogens is 388 g/mol. The first kappa shape index (κ1) is 22.6. The summed E-state index contributed by atoms with van der Waals surface area (Å²) in [6, 6.07) is 8.77. The maximum absolute atomic E-state index is 11.8. The van der Waals surface area contributed by atoms with E-state index in [1.54, 1.807) is 13.8 Å². The van der Waals surface area contributed by atoms with Crippen LogP contribution < -0.4 is 0 Å². The van der Waals surface area contributed by atoms with Crippen LogP contribution in [-0.2, 0) is 9.47 Å². The number of aliphatic imine (C=N–C) groups is 2. The second kappa shape index (κ2) is 11.4. The first-order valence-corrected chi connectivity index (χ1v) is 9.46. The van der Waals surface area contributed by atoms with Crippen molar-refractivity contribution in [1.82, 2.24) is 0 Å². The van der Waals surface area contributed by atoms with Gasteiger partial charge < -0.3 is 19.7 Å². The largest absolute Gasteiger partial charge is 0.507 e. The monoisotopic (exact) mass is 412 g/mol. The van der Waals surface area contributed by atoms with Gasteiger partial charge in [-0.3, -0.25) is 9.98 Å². The third-order valence-corrected chi connectivity index (χ3v) is 3.90. The lowest BCUT2D eigenvalue weighted by Gasteiger charge is -2.04. The van der Waals surface area contributed by atoms with Crippen LogP contribution in [0.4, 0.5) is 0 Å². The van der Waals surface area contributed by atoms with Gasteiger partial charge in [0.25, 0.3) is 0 Å². The molecule has 2 N–H and O–H groups in total. The summed E-state index contributed by atoms with van der Waals surface area (Å²) in [5.41, 5.74) is 1.44. The fraction of sp³-hybridized carbons (Fsp3) is 0.273. The van der Waals surface area contributed by atoms with Crippen LogP contribution in [0.5, 0.6) is 11.5 Å². The van der Waals surface area contributed by atoms with E-state index in [4.69, 9.17) is 9.47 Å². The van der Waals surface area contributed by atoms with Crippen LogP contribution >= 0.6 is 0 Å². The Balaban J connectivity index is 1.96. The third kappa shape index (κ3) is 6.44. The average molecular weight is 412 g/mol. The minimum atomic E-state index is -0.471. The van der Waals surface area contributed by atoms with Gasteiger partial charge in [0.1, 0.15) is 11.5 Å². The summed E-state index contributed by atoms with van der Waals surface area (Å²) in [6.45, 7) is 4.59. The summed E-state index contributed by atoms with van der Waals surface area (Å²) in [7, 11) is 0. The number of carbonyl (C=O) groups excluding carboxylic acids is 2. The van der Waals surface area contributed by atoms with E-state index in [1.807, 2.05) is 0 Å². The van der Waals surface area contributed by atoms with E-state index in [1.165, 1.54) is 48.8 Å². The smallest absolute Gasteiger partial charge is 0.338 e. The Hall–Kier alpha value is -3.68. The zero-order valence-corrected chi connectivity index (χ0v) is 16.9. The first-order chi connectivity index (χ1) is 14.5. The summed E-state index contributed by atoms with van der Waals surface area (Å²) in [5, 5.41) is 19.8. The molecule has 0 amide bonds. The SMILES string of the molecule is CCOC(=O)c1ccc(O)c(C=NCCN=Cc2cc(C(=O)OCC)ccc2O)c1. The first-order valence-electron chi connectivity index (χ1n) is 9.46. The molecular formula is C22H24N2O6. The molecule has 2 aromatic carbocycles. The number of carbonyl (C=O) groups is 2. The van der Waals surface area contributed by atoms with Gasteiger partial charge in [-0.1, -0.05) is 0 Å². The van der Waals surface area contributed by atoms with Gasteiger partial charge >= 0.3 is 11.9 Å². The molecule has 158 valence electrons. The standard InChI is InChI=1S/C22H24N2O6/c1-3-29-21(27)15-5-7-19(25)17(11-15)13-23-9-10-24-14-18-12-16(6-8-20(18)26)22(28)30-4-2/h5-8,11-14,25-26H,3-4,9-10H2,1-2H3. The molecule has 2 rings (SSSR count). The van der Waals surface area contributed by atoms with Crippen LogP contribution in [0.1, 0.15) is 45.7 Å². The fourth-order valence-electron chi connectivity index (χ4n) is 2.44. The highest BCUT2D eigenvalue weighted by atomic mass is 16.5. The number of hydrogen-bond donors (Lipinski definition) is 2. The summed E-state index contributed by atoms with van der Waals surface area (Å²) in [4.78, 5) is 31.9. The molecule has 0 aromatic heterocycles. The van der Waals surface area contributed by atoms with E-state index in [9.17, 15) is 19.8 Å². The zero-order chi connectivity index (χ0) is 21.9. The lowest BCUT2D eigenvalue weighted by molar-refractivity contribution is 0.0516. The zero-order valence-electron chi connectivity index (χ0n) is 16.9. The van der Waals surface area contributed by atoms with E-state index in [0.29, 0.717) is 35.3 Å². The van der Waals surface area contributed by atoms with Crippen molar-refractivity contribution in [3.05, 3.63) is 58.7 Å². The van der Waals surface area contributed by atoms with Gasteiger partial charge in [-0.25, -0.2) is 9.59 Å². The highest BCUT2D eigenvalue weighted by Crippen LogP contribution is 2.18. The highest BCUT2D eigenvalue weighted by Gasteiger charge is 2.10. The summed E-state index contributed by atoms with van der Waals surface area (Å²) in [6.07, 6.45) is 2.90. The number of benzene rings is 2. The van der Waals surface area contributed by atoms with E-state index in [-0.39, 0.29) is 24.7 Å².